The standard InChI is InChI=1S/C18H21N.C4H4O4/c1-13-9-16-11-14(2)19(3)12-18(16)17(10-13)15-7-5-4-6-8-15;5-3(6)1-2-4(7)8/h4-10,14H,11-12H2,1-3H3;1-2H,(H,5,6)(H,7,8). The molecule has 1 atom stereocenters. The van der Waals surface area contributed by atoms with Crippen LogP contribution in [0.15, 0.2) is 54.6 Å². The third-order valence-corrected chi connectivity index (χ3v) is 4.62. The largest absolute Gasteiger partial charge is 0.478 e. The molecule has 2 aromatic rings. The summed E-state index contributed by atoms with van der Waals surface area (Å²) in [5, 5.41) is 15.6. The van der Waals surface area contributed by atoms with Crippen molar-refractivity contribution in [1.82, 2.24) is 4.90 Å². The molecule has 2 aromatic carbocycles. The normalized spacial score (nSPS) is 16.3. The van der Waals surface area contributed by atoms with Crippen LogP contribution in [0.4, 0.5) is 0 Å². The minimum atomic E-state index is -1.26. The number of aliphatic carboxylic acids is 2. The Hall–Kier alpha value is -2.92. The fourth-order valence-corrected chi connectivity index (χ4v) is 3.16. The molecular formula is C22H25NO4. The second-order valence-corrected chi connectivity index (χ2v) is 6.79. The number of aryl methyl sites for hydroxylation is 1. The lowest BCUT2D eigenvalue weighted by Crippen LogP contribution is -2.35. The molecule has 0 radical (unpaired) electrons. The molecular weight excluding hydrogens is 342 g/mol. The molecule has 0 aromatic heterocycles. The maximum absolute atomic E-state index is 9.55. The van der Waals surface area contributed by atoms with Gasteiger partial charge in [0, 0.05) is 24.7 Å². The molecule has 1 aliphatic heterocycles. The Kier molecular flexibility index (Phi) is 6.91. The minimum absolute atomic E-state index is 0.558. The van der Waals surface area contributed by atoms with E-state index in [2.05, 4.69) is 68.3 Å². The third-order valence-electron chi connectivity index (χ3n) is 4.62. The molecule has 142 valence electrons. The van der Waals surface area contributed by atoms with Crippen molar-refractivity contribution in [3.63, 3.8) is 0 Å². The fraction of sp³-hybridized carbons (Fsp3) is 0.273. The van der Waals surface area contributed by atoms with E-state index in [1.807, 2.05) is 0 Å². The maximum atomic E-state index is 9.55. The van der Waals surface area contributed by atoms with Crippen molar-refractivity contribution >= 4 is 11.9 Å². The third kappa shape index (κ3) is 5.79. The van der Waals surface area contributed by atoms with Gasteiger partial charge in [-0.1, -0.05) is 48.0 Å². The Morgan fingerprint density at radius 1 is 1.07 bits per heavy atom. The highest BCUT2D eigenvalue weighted by atomic mass is 16.4. The van der Waals surface area contributed by atoms with Gasteiger partial charge in [0.05, 0.1) is 0 Å². The lowest BCUT2D eigenvalue weighted by molar-refractivity contribution is -0.134. The zero-order valence-corrected chi connectivity index (χ0v) is 15.8. The second kappa shape index (κ2) is 9.14. The van der Waals surface area contributed by atoms with E-state index in [4.69, 9.17) is 10.2 Å². The van der Waals surface area contributed by atoms with Crippen molar-refractivity contribution in [2.24, 2.45) is 0 Å². The van der Waals surface area contributed by atoms with Crippen LogP contribution in [-0.4, -0.2) is 40.1 Å². The lowest BCUT2D eigenvalue weighted by Gasteiger charge is -2.33. The molecule has 0 saturated carbocycles. The van der Waals surface area contributed by atoms with E-state index >= 15 is 0 Å². The Morgan fingerprint density at radius 3 is 2.22 bits per heavy atom. The summed E-state index contributed by atoms with van der Waals surface area (Å²) in [6, 6.07) is 16.1. The van der Waals surface area contributed by atoms with E-state index in [1.165, 1.54) is 27.8 Å². The zero-order valence-electron chi connectivity index (χ0n) is 15.8. The molecule has 2 N–H and O–H groups in total. The summed E-state index contributed by atoms with van der Waals surface area (Å²) in [4.78, 5) is 21.6. The summed E-state index contributed by atoms with van der Waals surface area (Å²) in [6.45, 7) is 5.57. The topological polar surface area (TPSA) is 77.8 Å². The highest BCUT2D eigenvalue weighted by molar-refractivity contribution is 5.89. The summed E-state index contributed by atoms with van der Waals surface area (Å²) in [7, 11) is 2.22. The monoisotopic (exact) mass is 367 g/mol. The van der Waals surface area contributed by atoms with Crippen LogP contribution in [-0.2, 0) is 22.6 Å². The average Bonchev–Trinajstić information content (AvgIpc) is 2.62. The molecule has 0 amide bonds. The molecule has 5 heteroatoms. The Balaban J connectivity index is 0.000000279. The van der Waals surface area contributed by atoms with Gasteiger partial charge in [0.1, 0.15) is 0 Å². The van der Waals surface area contributed by atoms with E-state index < -0.39 is 11.9 Å². The maximum Gasteiger partial charge on any atom is 0.328 e. The van der Waals surface area contributed by atoms with Gasteiger partial charge in [-0.2, -0.15) is 0 Å². The number of carbonyl (C=O) groups is 2. The Labute approximate surface area is 159 Å². The van der Waals surface area contributed by atoms with Crippen LogP contribution in [0, 0.1) is 6.92 Å². The van der Waals surface area contributed by atoms with E-state index in [0.717, 1.165) is 13.0 Å². The first-order valence-corrected chi connectivity index (χ1v) is 8.80. The highest BCUT2D eigenvalue weighted by Crippen LogP contribution is 2.32. The number of nitrogens with zero attached hydrogens (tertiary/aromatic N) is 1. The summed E-state index contributed by atoms with van der Waals surface area (Å²) >= 11 is 0. The van der Waals surface area contributed by atoms with Crippen molar-refractivity contribution in [3.05, 3.63) is 71.3 Å². The number of carboxylic acid groups (broad SMARTS) is 2. The number of hydrogen-bond donors (Lipinski definition) is 2. The van der Waals surface area contributed by atoms with Crippen molar-refractivity contribution in [2.45, 2.75) is 32.9 Å². The number of hydrogen-bond acceptors (Lipinski definition) is 3. The van der Waals surface area contributed by atoms with Gasteiger partial charge in [-0.15, -0.1) is 0 Å². The number of rotatable bonds is 3. The van der Waals surface area contributed by atoms with Crippen molar-refractivity contribution in [3.8, 4) is 11.1 Å². The predicted octanol–water partition coefficient (Wildman–Crippen LogP) is 3.75. The van der Waals surface area contributed by atoms with Gasteiger partial charge in [-0.25, -0.2) is 9.59 Å². The van der Waals surface area contributed by atoms with Crippen LogP contribution < -0.4 is 0 Å². The summed E-state index contributed by atoms with van der Waals surface area (Å²) in [5.74, 6) is -2.51. The van der Waals surface area contributed by atoms with Crippen molar-refractivity contribution in [2.75, 3.05) is 7.05 Å². The molecule has 0 aliphatic carbocycles. The van der Waals surface area contributed by atoms with Crippen LogP contribution in [0.1, 0.15) is 23.6 Å². The van der Waals surface area contributed by atoms with Crippen LogP contribution in [0.25, 0.3) is 11.1 Å². The summed E-state index contributed by atoms with van der Waals surface area (Å²) in [5.41, 5.74) is 7.16. The molecule has 5 nitrogen and oxygen atoms in total. The van der Waals surface area contributed by atoms with Gasteiger partial charge in [0.25, 0.3) is 0 Å². The van der Waals surface area contributed by atoms with Gasteiger partial charge in [-0.05, 0) is 49.6 Å². The molecule has 1 aliphatic rings. The first-order valence-electron chi connectivity index (χ1n) is 8.80. The summed E-state index contributed by atoms with van der Waals surface area (Å²) < 4.78 is 0. The van der Waals surface area contributed by atoms with Crippen LogP contribution in [0.3, 0.4) is 0 Å². The lowest BCUT2D eigenvalue weighted by atomic mass is 9.87. The summed E-state index contributed by atoms with van der Waals surface area (Å²) in [6.07, 6.45) is 2.28. The van der Waals surface area contributed by atoms with Crippen LogP contribution in [0.2, 0.25) is 0 Å². The van der Waals surface area contributed by atoms with Crippen molar-refractivity contribution < 1.29 is 19.8 Å². The minimum Gasteiger partial charge on any atom is -0.478 e. The Bertz CT molecular complexity index is 827. The van der Waals surface area contributed by atoms with E-state index in [9.17, 15) is 9.59 Å². The smallest absolute Gasteiger partial charge is 0.328 e. The number of carboxylic acids is 2. The molecule has 3 rings (SSSR count). The van der Waals surface area contributed by atoms with E-state index in [1.54, 1.807) is 0 Å². The first-order chi connectivity index (χ1) is 12.8. The number of fused-ring (bicyclic) bond motifs is 1. The second-order valence-electron chi connectivity index (χ2n) is 6.79. The first kappa shape index (κ1) is 20.4. The molecule has 0 spiro atoms. The molecule has 0 bridgehead atoms. The van der Waals surface area contributed by atoms with Gasteiger partial charge in [-0.3, -0.25) is 4.90 Å². The molecule has 0 saturated heterocycles. The SMILES string of the molecule is Cc1cc2c(c(-c3ccccc3)c1)CN(C)C(C)C2.O=C(O)C=CC(=O)O. The van der Waals surface area contributed by atoms with Crippen LogP contribution in [0.5, 0.6) is 0 Å². The quantitative estimate of drug-likeness (QED) is 0.808. The zero-order chi connectivity index (χ0) is 20.0. The average molecular weight is 367 g/mol. The molecule has 1 unspecified atom stereocenters. The van der Waals surface area contributed by atoms with Gasteiger partial charge < -0.3 is 10.2 Å². The van der Waals surface area contributed by atoms with Crippen LogP contribution >= 0.6 is 0 Å². The Morgan fingerprint density at radius 2 is 1.67 bits per heavy atom. The fourth-order valence-electron chi connectivity index (χ4n) is 3.16. The highest BCUT2D eigenvalue weighted by Gasteiger charge is 2.22. The molecule has 0 fully saturated rings. The number of likely N-dealkylation sites (N-methyl/N-ethyl adjacent to an activating group) is 1. The van der Waals surface area contributed by atoms with E-state index in [0.29, 0.717) is 18.2 Å². The number of benzene rings is 2. The van der Waals surface area contributed by atoms with Gasteiger partial charge >= 0.3 is 11.9 Å². The van der Waals surface area contributed by atoms with Gasteiger partial charge in [0.2, 0.25) is 0 Å². The predicted molar refractivity (Wildman–Crippen MR) is 106 cm³/mol. The molecule has 1 heterocycles. The van der Waals surface area contributed by atoms with E-state index in [-0.39, 0.29) is 0 Å². The van der Waals surface area contributed by atoms with Crippen molar-refractivity contribution in [1.29, 1.82) is 0 Å². The molecule has 27 heavy (non-hydrogen) atoms. The van der Waals surface area contributed by atoms with Gasteiger partial charge in [0.15, 0.2) is 0 Å².